The van der Waals surface area contributed by atoms with Crippen LogP contribution in [0.2, 0.25) is 0 Å². The van der Waals surface area contributed by atoms with Crippen LogP contribution in [0, 0.1) is 11.8 Å². The highest BCUT2D eigenvalue weighted by Crippen LogP contribution is 2.35. The van der Waals surface area contributed by atoms with Crippen LogP contribution in [0.3, 0.4) is 0 Å². The molecule has 2 nitrogen and oxygen atoms in total. The third-order valence-electron chi connectivity index (χ3n) is 5.07. The third-order valence-corrected chi connectivity index (χ3v) is 5.07. The number of hydrogen-bond donors (Lipinski definition) is 2. The predicted octanol–water partition coefficient (Wildman–Crippen LogP) is 3.44. The van der Waals surface area contributed by atoms with Crippen molar-refractivity contribution in [3.05, 3.63) is 48.0 Å². The molecule has 0 amide bonds. The Morgan fingerprint density at radius 1 is 1.10 bits per heavy atom. The SMILES string of the molecule is CC1CC=CC[C@H]1[C@@H]1CC[C@H]([C@H](O)c2ccccc2)N1. The molecule has 0 bridgehead atoms. The summed E-state index contributed by atoms with van der Waals surface area (Å²) in [4.78, 5) is 0. The van der Waals surface area contributed by atoms with Gasteiger partial charge in [0.15, 0.2) is 0 Å². The number of nitrogens with one attached hydrogen (secondary N) is 1. The maximum atomic E-state index is 10.5. The molecular formula is C18H25NO. The third kappa shape index (κ3) is 2.82. The lowest BCUT2D eigenvalue weighted by atomic mass is 9.79. The molecule has 2 N–H and O–H groups in total. The molecule has 1 aromatic carbocycles. The van der Waals surface area contributed by atoms with Gasteiger partial charge in [-0.25, -0.2) is 0 Å². The van der Waals surface area contributed by atoms with Crippen LogP contribution >= 0.6 is 0 Å². The van der Waals surface area contributed by atoms with E-state index in [-0.39, 0.29) is 12.1 Å². The monoisotopic (exact) mass is 271 g/mol. The average Bonchev–Trinajstić information content (AvgIpc) is 2.97. The predicted molar refractivity (Wildman–Crippen MR) is 82.4 cm³/mol. The minimum absolute atomic E-state index is 0.209. The van der Waals surface area contributed by atoms with Crippen molar-refractivity contribution in [2.75, 3.05) is 0 Å². The minimum atomic E-state index is -0.379. The first-order valence-corrected chi connectivity index (χ1v) is 7.90. The van der Waals surface area contributed by atoms with Gasteiger partial charge in [0.05, 0.1) is 6.10 Å². The van der Waals surface area contributed by atoms with Gasteiger partial charge in [0.2, 0.25) is 0 Å². The summed E-state index contributed by atoms with van der Waals surface area (Å²) in [6.07, 6.45) is 8.92. The largest absolute Gasteiger partial charge is 0.387 e. The Kier molecular flexibility index (Phi) is 4.23. The molecule has 1 aliphatic heterocycles. The smallest absolute Gasteiger partial charge is 0.0943 e. The zero-order valence-electron chi connectivity index (χ0n) is 12.2. The molecule has 1 fully saturated rings. The standard InChI is InChI=1S/C18H25NO/c1-13-7-5-6-10-15(13)16-11-12-17(19-16)18(20)14-8-3-2-4-9-14/h2-6,8-9,13,15-20H,7,10-12H2,1H3/t13?,15-,16+,17-,18-/m1/s1. The molecule has 5 atom stereocenters. The summed E-state index contributed by atoms with van der Waals surface area (Å²) in [5.41, 5.74) is 1.03. The normalized spacial score (nSPS) is 35.1. The van der Waals surface area contributed by atoms with Crippen LogP contribution < -0.4 is 5.32 Å². The van der Waals surface area contributed by atoms with Crippen LogP contribution in [-0.2, 0) is 0 Å². The molecule has 2 heteroatoms. The van der Waals surface area contributed by atoms with E-state index in [1.165, 1.54) is 19.3 Å². The molecule has 2 aliphatic rings. The maximum Gasteiger partial charge on any atom is 0.0943 e. The van der Waals surface area contributed by atoms with E-state index < -0.39 is 0 Å². The quantitative estimate of drug-likeness (QED) is 0.825. The van der Waals surface area contributed by atoms with Crippen LogP contribution in [-0.4, -0.2) is 17.2 Å². The fourth-order valence-corrected chi connectivity index (χ4v) is 3.80. The fourth-order valence-electron chi connectivity index (χ4n) is 3.80. The summed E-state index contributed by atoms with van der Waals surface area (Å²) in [5.74, 6) is 1.48. The van der Waals surface area contributed by atoms with E-state index in [4.69, 9.17) is 0 Å². The van der Waals surface area contributed by atoms with Crippen LogP contribution in [0.25, 0.3) is 0 Å². The molecular weight excluding hydrogens is 246 g/mol. The van der Waals surface area contributed by atoms with Gasteiger partial charge in [-0.05, 0) is 43.1 Å². The molecule has 0 saturated carbocycles. The Balaban J connectivity index is 1.63. The number of aliphatic hydroxyl groups excluding tert-OH is 1. The van der Waals surface area contributed by atoms with Crippen LogP contribution in [0.4, 0.5) is 0 Å². The van der Waals surface area contributed by atoms with Crippen molar-refractivity contribution in [2.45, 2.75) is 50.8 Å². The molecule has 1 heterocycles. The fraction of sp³-hybridized carbons (Fsp3) is 0.556. The van der Waals surface area contributed by atoms with E-state index in [0.717, 1.165) is 23.8 Å². The first kappa shape index (κ1) is 13.8. The Morgan fingerprint density at radius 2 is 1.85 bits per heavy atom. The summed E-state index contributed by atoms with van der Waals surface area (Å²) in [7, 11) is 0. The van der Waals surface area contributed by atoms with E-state index in [0.29, 0.717) is 6.04 Å². The van der Waals surface area contributed by atoms with Gasteiger partial charge in [0.25, 0.3) is 0 Å². The van der Waals surface area contributed by atoms with Gasteiger partial charge in [-0.2, -0.15) is 0 Å². The maximum absolute atomic E-state index is 10.5. The van der Waals surface area contributed by atoms with Gasteiger partial charge in [-0.15, -0.1) is 0 Å². The Bertz CT molecular complexity index is 456. The number of aliphatic hydroxyl groups is 1. The first-order valence-electron chi connectivity index (χ1n) is 7.90. The summed E-state index contributed by atoms with van der Waals surface area (Å²) in [6.45, 7) is 2.36. The van der Waals surface area contributed by atoms with Crippen molar-refractivity contribution in [3.8, 4) is 0 Å². The number of allylic oxidation sites excluding steroid dienone is 2. The molecule has 0 radical (unpaired) electrons. The summed E-state index contributed by atoms with van der Waals surface area (Å²) < 4.78 is 0. The Hall–Kier alpha value is -1.12. The van der Waals surface area contributed by atoms with E-state index in [1.807, 2.05) is 30.3 Å². The summed E-state index contributed by atoms with van der Waals surface area (Å²) in [5, 5.41) is 14.2. The van der Waals surface area contributed by atoms with Crippen molar-refractivity contribution in [2.24, 2.45) is 11.8 Å². The molecule has 1 aromatic rings. The van der Waals surface area contributed by atoms with Crippen molar-refractivity contribution in [1.29, 1.82) is 0 Å². The zero-order valence-corrected chi connectivity index (χ0v) is 12.2. The lowest BCUT2D eigenvalue weighted by Gasteiger charge is -2.31. The molecule has 1 saturated heterocycles. The van der Waals surface area contributed by atoms with Crippen LogP contribution in [0.1, 0.15) is 44.3 Å². The summed E-state index contributed by atoms with van der Waals surface area (Å²) >= 11 is 0. The van der Waals surface area contributed by atoms with E-state index in [9.17, 15) is 5.11 Å². The molecule has 0 spiro atoms. The highest BCUT2D eigenvalue weighted by Gasteiger charge is 2.36. The highest BCUT2D eigenvalue weighted by molar-refractivity contribution is 5.19. The topological polar surface area (TPSA) is 32.3 Å². The molecule has 0 aromatic heterocycles. The van der Waals surface area contributed by atoms with E-state index >= 15 is 0 Å². The molecule has 1 aliphatic carbocycles. The van der Waals surface area contributed by atoms with Gasteiger partial charge in [0.1, 0.15) is 0 Å². The Labute approximate surface area is 121 Å². The number of rotatable bonds is 3. The average molecular weight is 271 g/mol. The lowest BCUT2D eigenvalue weighted by Crippen LogP contribution is -2.40. The first-order chi connectivity index (χ1) is 9.75. The number of benzene rings is 1. The highest BCUT2D eigenvalue weighted by atomic mass is 16.3. The van der Waals surface area contributed by atoms with Gasteiger partial charge >= 0.3 is 0 Å². The van der Waals surface area contributed by atoms with Crippen LogP contribution in [0.5, 0.6) is 0 Å². The number of hydrogen-bond acceptors (Lipinski definition) is 2. The lowest BCUT2D eigenvalue weighted by molar-refractivity contribution is 0.130. The van der Waals surface area contributed by atoms with Crippen molar-refractivity contribution < 1.29 is 5.11 Å². The van der Waals surface area contributed by atoms with Gasteiger partial charge in [-0.1, -0.05) is 49.4 Å². The Morgan fingerprint density at radius 3 is 2.60 bits per heavy atom. The second-order valence-electron chi connectivity index (χ2n) is 6.40. The molecule has 108 valence electrons. The van der Waals surface area contributed by atoms with E-state index in [1.54, 1.807) is 0 Å². The summed E-state index contributed by atoms with van der Waals surface area (Å²) in [6, 6.07) is 10.8. The molecule has 20 heavy (non-hydrogen) atoms. The van der Waals surface area contributed by atoms with Crippen molar-refractivity contribution in [3.63, 3.8) is 0 Å². The van der Waals surface area contributed by atoms with Crippen molar-refractivity contribution >= 4 is 0 Å². The molecule has 1 unspecified atom stereocenters. The minimum Gasteiger partial charge on any atom is -0.387 e. The van der Waals surface area contributed by atoms with Gasteiger partial charge < -0.3 is 10.4 Å². The second-order valence-corrected chi connectivity index (χ2v) is 6.40. The molecule has 3 rings (SSSR count). The van der Waals surface area contributed by atoms with Crippen molar-refractivity contribution in [1.82, 2.24) is 5.32 Å². The zero-order chi connectivity index (χ0) is 13.9. The van der Waals surface area contributed by atoms with Gasteiger partial charge in [0, 0.05) is 12.1 Å². The van der Waals surface area contributed by atoms with Gasteiger partial charge in [-0.3, -0.25) is 0 Å². The second kappa shape index (κ2) is 6.11. The van der Waals surface area contributed by atoms with Crippen LogP contribution in [0.15, 0.2) is 42.5 Å². The van der Waals surface area contributed by atoms with E-state index in [2.05, 4.69) is 24.4 Å².